The number of fused-ring (bicyclic) bond motifs is 1. The lowest BCUT2D eigenvalue weighted by Gasteiger charge is -2.31. The van der Waals surface area contributed by atoms with Gasteiger partial charge in [0.1, 0.15) is 0 Å². The van der Waals surface area contributed by atoms with Crippen molar-refractivity contribution >= 4 is 22.5 Å². The second-order valence-corrected chi connectivity index (χ2v) is 9.38. The number of hydrogen-bond donors (Lipinski definition) is 2. The second kappa shape index (κ2) is 8.47. The van der Waals surface area contributed by atoms with Crippen LogP contribution in [0, 0.1) is 5.41 Å². The van der Waals surface area contributed by atoms with Crippen molar-refractivity contribution in [2.24, 2.45) is 5.41 Å². The fourth-order valence-corrected chi connectivity index (χ4v) is 4.15. The zero-order chi connectivity index (χ0) is 19.4. The molecule has 4 nitrogen and oxygen atoms in total. The lowest BCUT2D eigenvalue weighted by Crippen LogP contribution is -2.34. The molecule has 0 aliphatic heterocycles. The third-order valence-corrected chi connectivity index (χ3v) is 5.67. The van der Waals surface area contributed by atoms with E-state index in [9.17, 15) is 4.79 Å². The SMILES string of the molecule is CN(CCc1c[nH]c2ccc(NC(=O)CC(C)(C)C)cc12)C1CCCCC1. The first kappa shape index (κ1) is 19.9. The molecule has 1 saturated carbocycles. The fourth-order valence-electron chi connectivity index (χ4n) is 4.15. The summed E-state index contributed by atoms with van der Waals surface area (Å²) in [5.41, 5.74) is 3.36. The van der Waals surface area contributed by atoms with Crippen LogP contribution in [0.3, 0.4) is 0 Å². The molecule has 1 fully saturated rings. The molecule has 1 aromatic carbocycles. The van der Waals surface area contributed by atoms with Crippen molar-refractivity contribution in [1.29, 1.82) is 0 Å². The van der Waals surface area contributed by atoms with Crippen molar-refractivity contribution in [3.63, 3.8) is 0 Å². The number of amides is 1. The molecular formula is C23H35N3O. The van der Waals surface area contributed by atoms with Crippen LogP contribution >= 0.6 is 0 Å². The molecule has 0 atom stereocenters. The molecule has 148 valence electrons. The molecule has 4 heteroatoms. The Hall–Kier alpha value is -1.81. The van der Waals surface area contributed by atoms with Crippen LogP contribution in [0.4, 0.5) is 5.69 Å². The van der Waals surface area contributed by atoms with Gasteiger partial charge >= 0.3 is 0 Å². The maximum atomic E-state index is 12.3. The number of H-pyrrole nitrogens is 1. The minimum absolute atomic E-state index is 0.00284. The van der Waals surface area contributed by atoms with Crippen molar-refractivity contribution in [1.82, 2.24) is 9.88 Å². The topological polar surface area (TPSA) is 48.1 Å². The van der Waals surface area contributed by atoms with E-state index in [2.05, 4.69) is 61.3 Å². The van der Waals surface area contributed by atoms with Gasteiger partial charge in [-0.25, -0.2) is 0 Å². The van der Waals surface area contributed by atoms with Gasteiger partial charge in [-0.3, -0.25) is 4.79 Å². The average Bonchev–Trinajstić information content (AvgIpc) is 3.01. The van der Waals surface area contributed by atoms with E-state index in [1.165, 1.54) is 43.1 Å². The van der Waals surface area contributed by atoms with E-state index >= 15 is 0 Å². The average molecular weight is 370 g/mol. The predicted molar refractivity (Wildman–Crippen MR) is 114 cm³/mol. The summed E-state index contributed by atoms with van der Waals surface area (Å²) >= 11 is 0. The molecule has 0 saturated heterocycles. The van der Waals surface area contributed by atoms with Gasteiger partial charge in [-0.2, -0.15) is 0 Å². The van der Waals surface area contributed by atoms with Crippen LogP contribution in [-0.4, -0.2) is 35.4 Å². The first-order valence-electron chi connectivity index (χ1n) is 10.4. The first-order valence-corrected chi connectivity index (χ1v) is 10.4. The van der Waals surface area contributed by atoms with Gasteiger partial charge in [0.2, 0.25) is 5.91 Å². The summed E-state index contributed by atoms with van der Waals surface area (Å²) in [5.74, 6) is 0.0796. The Morgan fingerprint density at radius 2 is 1.96 bits per heavy atom. The molecule has 0 spiro atoms. The van der Waals surface area contributed by atoms with Gasteiger partial charge in [-0.05, 0) is 55.5 Å². The van der Waals surface area contributed by atoms with Gasteiger partial charge in [0.15, 0.2) is 0 Å². The molecule has 0 radical (unpaired) electrons. The van der Waals surface area contributed by atoms with Crippen molar-refractivity contribution < 1.29 is 4.79 Å². The van der Waals surface area contributed by atoms with E-state index in [0.29, 0.717) is 6.42 Å². The molecule has 27 heavy (non-hydrogen) atoms. The summed E-state index contributed by atoms with van der Waals surface area (Å²) < 4.78 is 0. The number of nitrogens with one attached hydrogen (secondary N) is 2. The maximum absolute atomic E-state index is 12.3. The zero-order valence-corrected chi connectivity index (χ0v) is 17.4. The number of nitrogens with zero attached hydrogens (tertiary/aromatic N) is 1. The van der Waals surface area contributed by atoms with Crippen LogP contribution in [0.1, 0.15) is 64.9 Å². The monoisotopic (exact) mass is 369 g/mol. The summed E-state index contributed by atoms with van der Waals surface area (Å²) in [6.07, 6.45) is 10.5. The molecule has 0 unspecified atom stereocenters. The van der Waals surface area contributed by atoms with Gasteiger partial charge < -0.3 is 15.2 Å². The molecule has 3 rings (SSSR count). The summed E-state index contributed by atoms with van der Waals surface area (Å²) in [7, 11) is 2.27. The van der Waals surface area contributed by atoms with Crippen LogP contribution in [-0.2, 0) is 11.2 Å². The van der Waals surface area contributed by atoms with Crippen LogP contribution < -0.4 is 5.32 Å². The zero-order valence-electron chi connectivity index (χ0n) is 17.4. The molecule has 1 heterocycles. The van der Waals surface area contributed by atoms with E-state index in [-0.39, 0.29) is 11.3 Å². The van der Waals surface area contributed by atoms with E-state index in [1.54, 1.807) is 0 Å². The molecular weight excluding hydrogens is 334 g/mol. The Labute approximate surface area is 163 Å². The highest BCUT2D eigenvalue weighted by Gasteiger charge is 2.18. The largest absolute Gasteiger partial charge is 0.361 e. The molecule has 2 N–H and O–H groups in total. The third-order valence-electron chi connectivity index (χ3n) is 5.67. The highest BCUT2D eigenvalue weighted by atomic mass is 16.1. The molecule has 2 aromatic rings. The van der Waals surface area contributed by atoms with Crippen LogP contribution in [0.5, 0.6) is 0 Å². The van der Waals surface area contributed by atoms with Crippen LogP contribution in [0.15, 0.2) is 24.4 Å². The number of aromatic amines is 1. The minimum atomic E-state index is -0.00284. The molecule has 1 amide bonds. The van der Waals surface area contributed by atoms with Crippen molar-refractivity contribution in [2.75, 3.05) is 18.9 Å². The highest BCUT2D eigenvalue weighted by molar-refractivity contribution is 5.94. The normalized spacial score (nSPS) is 16.2. The fraction of sp³-hybridized carbons (Fsp3) is 0.609. The predicted octanol–water partition coefficient (Wildman–Crippen LogP) is 5.35. The Balaban J connectivity index is 1.65. The maximum Gasteiger partial charge on any atom is 0.224 e. The van der Waals surface area contributed by atoms with E-state index in [0.717, 1.165) is 30.2 Å². The Bertz CT molecular complexity index is 766. The number of rotatable bonds is 6. The third kappa shape index (κ3) is 5.58. The second-order valence-electron chi connectivity index (χ2n) is 9.38. The standard InChI is InChI=1S/C23H35N3O/c1-23(2,3)15-22(27)25-18-10-11-21-20(14-18)17(16-24-21)12-13-26(4)19-8-6-5-7-9-19/h10-11,14,16,19,24H,5-9,12-13,15H2,1-4H3,(H,25,27). The number of likely N-dealkylation sites (N-methyl/N-ethyl adjacent to an activating group) is 1. The quantitative estimate of drug-likeness (QED) is 0.721. The Kier molecular flexibility index (Phi) is 6.25. The van der Waals surface area contributed by atoms with Crippen LogP contribution in [0.2, 0.25) is 0 Å². The number of carbonyl (C=O) groups is 1. The van der Waals surface area contributed by atoms with Crippen LogP contribution in [0.25, 0.3) is 10.9 Å². The van der Waals surface area contributed by atoms with E-state index in [1.807, 2.05) is 6.07 Å². The number of hydrogen-bond acceptors (Lipinski definition) is 2. The van der Waals surface area contributed by atoms with Gasteiger partial charge in [0.05, 0.1) is 0 Å². The summed E-state index contributed by atoms with van der Waals surface area (Å²) in [5, 5.41) is 4.28. The van der Waals surface area contributed by atoms with Crippen molar-refractivity contribution in [3.8, 4) is 0 Å². The van der Waals surface area contributed by atoms with Crippen molar-refractivity contribution in [2.45, 2.75) is 71.8 Å². The van der Waals surface area contributed by atoms with Gasteiger partial charge in [-0.1, -0.05) is 40.0 Å². The minimum Gasteiger partial charge on any atom is -0.361 e. The van der Waals surface area contributed by atoms with E-state index < -0.39 is 0 Å². The van der Waals surface area contributed by atoms with Gasteiger partial charge in [0.25, 0.3) is 0 Å². The lowest BCUT2D eigenvalue weighted by atomic mass is 9.92. The smallest absolute Gasteiger partial charge is 0.224 e. The first-order chi connectivity index (χ1) is 12.8. The highest BCUT2D eigenvalue weighted by Crippen LogP contribution is 2.26. The Morgan fingerprint density at radius 3 is 2.67 bits per heavy atom. The Morgan fingerprint density at radius 1 is 1.22 bits per heavy atom. The summed E-state index contributed by atoms with van der Waals surface area (Å²) in [4.78, 5) is 18.2. The number of carbonyl (C=O) groups excluding carboxylic acids is 1. The van der Waals surface area contributed by atoms with Gasteiger partial charge in [-0.15, -0.1) is 0 Å². The molecule has 1 aliphatic rings. The number of anilines is 1. The number of aromatic nitrogens is 1. The van der Waals surface area contributed by atoms with Crippen molar-refractivity contribution in [3.05, 3.63) is 30.0 Å². The number of benzene rings is 1. The van der Waals surface area contributed by atoms with Gasteiger partial charge in [0, 0.05) is 41.8 Å². The summed E-state index contributed by atoms with van der Waals surface area (Å²) in [6.45, 7) is 7.34. The molecule has 1 aliphatic carbocycles. The van der Waals surface area contributed by atoms with E-state index in [4.69, 9.17) is 0 Å². The molecule has 0 bridgehead atoms. The lowest BCUT2D eigenvalue weighted by molar-refractivity contribution is -0.117. The summed E-state index contributed by atoms with van der Waals surface area (Å²) in [6, 6.07) is 6.91. The molecule has 1 aromatic heterocycles.